The summed E-state index contributed by atoms with van der Waals surface area (Å²) in [4.78, 5) is 29.8. The van der Waals surface area contributed by atoms with Crippen LogP contribution in [0.1, 0.15) is 5.56 Å². The molecular formula is C18H18N4O2S2. The second-order valence-electron chi connectivity index (χ2n) is 5.65. The van der Waals surface area contributed by atoms with Crippen molar-refractivity contribution in [2.24, 2.45) is 5.84 Å². The average Bonchev–Trinajstić information content (AvgIpc) is 3.07. The number of hydrogen-bond acceptors (Lipinski definition) is 6. The Labute approximate surface area is 158 Å². The SMILES string of the molecule is C=CCn1c(SCC(=O)NN)nc2scc(-c3ccc(C)cc3)c2c1=O. The van der Waals surface area contributed by atoms with Crippen LogP contribution in [0, 0.1) is 6.92 Å². The zero-order valence-electron chi connectivity index (χ0n) is 14.2. The molecule has 0 fully saturated rings. The summed E-state index contributed by atoms with van der Waals surface area (Å²) >= 11 is 2.59. The number of carbonyl (C=O) groups excluding carboxylic acids is 1. The van der Waals surface area contributed by atoms with Crippen LogP contribution in [0.4, 0.5) is 0 Å². The summed E-state index contributed by atoms with van der Waals surface area (Å²) < 4.78 is 1.54. The Kier molecular flexibility index (Phi) is 5.55. The van der Waals surface area contributed by atoms with Crippen LogP contribution in [0.3, 0.4) is 0 Å². The molecule has 2 heterocycles. The number of allylic oxidation sites excluding steroid dienone is 1. The van der Waals surface area contributed by atoms with E-state index in [9.17, 15) is 9.59 Å². The predicted octanol–water partition coefficient (Wildman–Crippen LogP) is 2.70. The number of amides is 1. The number of nitrogens with zero attached hydrogens (tertiary/aromatic N) is 2. The van der Waals surface area contributed by atoms with E-state index in [0.29, 0.717) is 21.9 Å². The molecule has 26 heavy (non-hydrogen) atoms. The van der Waals surface area contributed by atoms with Gasteiger partial charge in [0.2, 0.25) is 5.91 Å². The van der Waals surface area contributed by atoms with Crippen LogP contribution in [0.2, 0.25) is 0 Å². The maximum Gasteiger partial charge on any atom is 0.263 e. The lowest BCUT2D eigenvalue weighted by molar-refractivity contribution is -0.118. The average molecular weight is 387 g/mol. The van der Waals surface area contributed by atoms with Crippen molar-refractivity contribution >= 4 is 39.2 Å². The summed E-state index contributed by atoms with van der Waals surface area (Å²) in [6, 6.07) is 8.04. The number of thiophene rings is 1. The Balaban J connectivity index is 2.14. The summed E-state index contributed by atoms with van der Waals surface area (Å²) in [5.74, 6) is 4.87. The molecule has 0 saturated carbocycles. The number of rotatable bonds is 6. The monoisotopic (exact) mass is 386 g/mol. The van der Waals surface area contributed by atoms with Crippen LogP contribution in [-0.2, 0) is 11.3 Å². The fourth-order valence-electron chi connectivity index (χ4n) is 2.52. The van der Waals surface area contributed by atoms with Crippen molar-refractivity contribution in [3.8, 4) is 11.1 Å². The topological polar surface area (TPSA) is 90.0 Å². The molecule has 3 rings (SSSR count). The molecule has 134 valence electrons. The van der Waals surface area contributed by atoms with Crippen molar-refractivity contribution in [1.29, 1.82) is 0 Å². The lowest BCUT2D eigenvalue weighted by Crippen LogP contribution is -2.32. The first-order valence-corrected chi connectivity index (χ1v) is 9.74. The lowest BCUT2D eigenvalue weighted by Gasteiger charge is -2.10. The highest BCUT2D eigenvalue weighted by atomic mass is 32.2. The molecule has 3 aromatic rings. The highest BCUT2D eigenvalue weighted by Gasteiger charge is 2.17. The third-order valence-corrected chi connectivity index (χ3v) is 5.67. The highest BCUT2D eigenvalue weighted by molar-refractivity contribution is 7.99. The van der Waals surface area contributed by atoms with E-state index >= 15 is 0 Å². The number of aryl methyl sites for hydroxylation is 1. The van der Waals surface area contributed by atoms with Crippen LogP contribution >= 0.6 is 23.1 Å². The van der Waals surface area contributed by atoms with Gasteiger partial charge in [0.15, 0.2) is 5.16 Å². The zero-order chi connectivity index (χ0) is 18.7. The fourth-order valence-corrected chi connectivity index (χ4v) is 4.33. The van der Waals surface area contributed by atoms with Gasteiger partial charge in [-0.1, -0.05) is 47.7 Å². The largest absolute Gasteiger partial charge is 0.294 e. The van der Waals surface area contributed by atoms with E-state index in [1.54, 1.807) is 6.08 Å². The Bertz CT molecular complexity index is 1020. The lowest BCUT2D eigenvalue weighted by atomic mass is 10.1. The van der Waals surface area contributed by atoms with Gasteiger partial charge in [0.1, 0.15) is 4.83 Å². The van der Waals surface area contributed by atoms with Crippen molar-refractivity contribution in [3.63, 3.8) is 0 Å². The number of fused-ring (bicyclic) bond motifs is 1. The normalized spacial score (nSPS) is 10.8. The minimum Gasteiger partial charge on any atom is -0.294 e. The molecule has 0 saturated heterocycles. The summed E-state index contributed by atoms with van der Waals surface area (Å²) in [7, 11) is 0. The summed E-state index contributed by atoms with van der Waals surface area (Å²) in [6.07, 6.45) is 1.64. The molecule has 0 bridgehead atoms. The molecule has 0 unspecified atom stereocenters. The maximum atomic E-state index is 13.1. The van der Waals surface area contributed by atoms with E-state index in [2.05, 4.69) is 17.0 Å². The number of carbonyl (C=O) groups is 1. The zero-order valence-corrected chi connectivity index (χ0v) is 15.8. The molecule has 2 aromatic heterocycles. The molecular weight excluding hydrogens is 368 g/mol. The quantitative estimate of drug-likeness (QED) is 0.170. The first-order valence-electron chi connectivity index (χ1n) is 7.87. The molecule has 0 aliphatic heterocycles. The molecule has 0 aliphatic carbocycles. The van der Waals surface area contributed by atoms with Gasteiger partial charge in [0.05, 0.1) is 11.1 Å². The standard InChI is InChI=1S/C18H18N4O2S2/c1-3-8-22-17(24)15-13(12-6-4-11(2)5-7-12)9-25-16(15)20-18(22)26-10-14(23)21-19/h3-7,9H,1,8,10,19H2,2H3,(H,21,23). The Morgan fingerprint density at radius 2 is 2.15 bits per heavy atom. The molecule has 1 amide bonds. The molecule has 3 N–H and O–H groups in total. The van der Waals surface area contributed by atoms with Crippen LogP contribution in [0.25, 0.3) is 21.3 Å². The smallest absolute Gasteiger partial charge is 0.263 e. The van der Waals surface area contributed by atoms with Gasteiger partial charge >= 0.3 is 0 Å². The van der Waals surface area contributed by atoms with Crippen LogP contribution in [0.5, 0.6) is 0 Å². The molecule has 8 heteroatoms. The molecule has 0 radical (unpaired) electrons. The van der Waals surface area contributed by atoms with E-state index in [4.69, 9.17) is 5.84 Å². The van der Waals surface area contributed by atoms with Gasteiger partial charge in [-0.05, 0) is 12.5 Å². The van der Waals surface area contributed by atoms with Gasteiger partial charge in [0.25, 0.3) is 5.56 Å². The molecule has 6 nitrogen and oxygen atoms in total. The van der Waals surface area contributed by atoms with Crippen LogP contribution in [-0.4, -0.2) is 21.2 Å². The second-order valence-corrected chi connectivity index (χ2v) is 7.45. The minimum absolute atomic E-state index is 0.0851. The Morgan fingerprint density at radius 3 is 2.81 bits per heavy atom. The minimum atomic E-state index is -0.332. The molecule has 1 aromatic carbocycles. The van der Waals surface area contributed by atoms with Gasteiger partial charge < -0.3 is 0 Å². The first-order chi connectivity index (χ1) is 12.5. The van der Waals surface area contributed by atoms with E-state index in [-0.39, 0.29) is 17.2 Å². The Hall–Kier alpha value is -2.42. The van der Waals surface area contributed by atoms with E-state index < -0.39 is 0 Å². The first kappa shape index (κ1) is 18.4. The maximum absolute atomic E-state index is 13.1. The van der Waals surface area contributed by atoms with Crippen molar-refractivity contribution in [2.45, 2.75) is 18.6 Å². The van der Waals surface area contributed by atoms with Crippen molar-refractivity contribution in [3.05, 3.63) is 58.2 Å². The number of aromatic nitrogens is 2. The summed E-state index contributed by atoms with van der Waals surface area (Å²) in [5.41, 5.74) is 4.95. The van der Waals surface area contributed by atoms with Crippen molar-refractivity contribution in [2.75, 3.05) is 5.75 Å². The fraction of sp³-hybridized carbons (Fsp3) is 0.167. The third-order valence-electron chi connectivity index (χ3n) is 3.83. The number of hydrogen-bond donors (Lipinski definition) is 2. The van der Waals surface area contributed by atoms with Gasteiger partial charge in [-0.25, -0.2) is 10.8 Å². The van der Waals surface area contributed by atoms with E-state index in [0.717, 1.165) is 16.7 Å². The van der Waals surface area contributed by atoms with Gasteiger partial charge in [0, 0.05) is 17.5 Å². The second kappa shape index (κ2) is 7.86. The van der Waals surface area contributed by atoms with Gasteiger partial charge in [-0.3, -0.25) is 19.6 Å². The number of hydrazine groups is 1. The van der Waals surface area contributed by atoms with Crippen molar-refractivity contribution < 1.29 is 4.79 Å². The van der Waals surface area contributed by atoms with Crippen molar-refractivity contribution in [1.82, 2.24) is 15.0 Å². The summed E-state index contributed by atoms with van der Waals surface area (Å²) in [5, 5.41) is 3.01. The molecule has 0 atom stereocenters. The van der Waals surface area contributed by atoms with Crippen LogP contribution in [0.15, 0.2) is 52.3 Å². The number of benzene rings is 1. The number of nitrogens with one attached hydrogen (secondary N) is 1. The van der Waals surface area contributed by atoms with Gasteiger partial charge in [-0.15, -0.1) is 17.9 Å². The van der Waals surface area contributed by atoms with Gasteiger partial charge in [-0.2, -0.15) is 0 Å². The number of nitrogens with two attached hydrogens (primary N) is 1. The highest BCUT2D eigenvalue weighted by Crippen LogP contribution is 2.32. The van der Waals surface area contributed by atoms with E-state index in [1.165, 1.54) is 27.7 Å². The van der Waals surface area contributed by atoms with Crippen LogP contribution < -0.4 is 16.8 Å². The predicted molar refractivity (Wildman–Crippen MR) is 107 cm³/mol. The summed E-state index contributed by atoms with van der Waals surface area (Å²) in [6.45, 7) is 6.05. The number of thioether (sulfide) groups is 1. The Morgan fingerprint density at radius 1 is 1.42 bits per heavy atom. The molecule has 0 spiro atoms. The third kappa shape index (κ3) is 3.57. The van der Waals surface area contributed by atoms with E-state index in [1.807, 2.05) is 36.6 Å². The molecule has 0 aliphatic rings.